The molecule has 2 aromatic carbocycles. The van der Waals surface area contributed by atoms with Crippen molar-refractivity contribution in [3.05, 3.63) is 48.0 Å². The first-order chi connectivity index (χ1) is 9.93. The van der Waals surface area contributed by atoms with Crippen molar-refractivity contribution < 1.29 is 17.9 Å². The highest BCUT2D eigenvalue weighted by molar-refractivity contribution is 5.86. The molecule has 21 heavy (non-hydrogen) atoms. The molecule has 0 saturated heterocycles. The lowest BCUT2D eigenvalue weighted by atomic mass is 9.99. The maximum absolute atomic E-state index is 12.5. The van der Waals surface area contributed by atoms with Gasteiger partial charge in [-0.1, -0.05) is 42.5 Å². The van der Waals surface area contributed by atoms with Crippen LogP contribution in [0.5, 0.6) is 0 Å². The number of hydrogen-bond donors (Lipinski definition) is 1. The maximum atomic E-state index is 12.5. The third-order valence-electron chi connectivity index (χ3n) is 3.52. The van der Waals surface area contributed by atoms with E-state index >= 15 is 0 Å². The minimum absolute atomic E-state index is 0.0365. The summed E-state index contributed by atoms with van der Waals surface area (Å²) in [7, 11) is 1.72. The van der Waals surface area contributed by atoms with Gasteiger partial charge in [0.2, 0.25) is 0 Å². The SMILES string of the molecule is CNC(COC(C)C(F)(F)F)c1cccc2ccccc12. The molecule has 2 rings (SSSR count). The van der Waals surface area contributed by atoms with Gasteiger partial charge in [-0.15, -0.1) is 0 Å². The van der Waals surface area contributed by atoms with Crippen molar-refractivity contribution in [3.63, 3.8) is 0 Å². The monoisotopic (exact) mass is 297 g/mol. The second-order valence-corrected chi connectivity index (χ2v) is 4.93. The van der Waals surface area contributed by atoms with Gasteiger partial charge in [-0.05, 0) is 30.3 Å². The Morgan fingerprint density at radius 3 is 2.43 bits per heavy atom. The van der Waals surface area contributed by atoms with Gasteiger partial charge >= 0.3 is 6.18 Å². The first kappa shape index (κ1) is 15.8. The van der Waals surface area contributed by atoms with Crippen LogP contribution in [-0.2, 0) is 4.74 Å². The molecule has 0 spiro atoms. The second-order valence-electron chi connectivity index (χ2n) is 4.93. The minimum Gasteiger partial charge on any atom is -0.367 e. The largest absolute Gasteiger partial charge is 0.414 e. The van der Waals surface area contributed by atoms with Crippen LogP contribution in [0.4, 0.5) is 13.2 Å². The van der Waals surface area contributed by atoms with E-state index in [-0.39, 0.29) is 12.6 Å². The van der Waals surface area contributed by atoms with E-state index < -0.39 is 12.3 Å². The summed E-state index contributed by atoms with van der Waals surface area (Å²) >= 11 is 0. The molecule has 0 fully saturated rings. The molecule has 1 N–H and O–H groups in total. The van der Waals surface area contributed by atoms with Gasteiger partial charge in [0, 0.05) is 0 Å². The van der Waals surface area contributed by atoms with Gasteiger partial charge in [-0.3, -0.25) is 0 Å². The summed E-state index contributed by atoms with van der Waals surface area (Å²) in [6, 6.07) is 13.3. The van der Waals surface area contributed by atoms with Crippen molar-refractivity contribution in [1.82, 2.24) is 5.32 Å². The van der Waals surface area contributed by atoms with E-state index in [9.17, 15) is 13.2 Å². The van der Waals surface area contributed by atoms with Crippen LogP contribution < -0.4 is 5.32 Å². The second kappa shape index (κ2) is 6.45. The number of nitrogens with one attached hydrogen (secondary N) is 1. The molecule has 0 aliphatic rings. The van der Waals surface area contributed by atoms with Crippen molar-refractivity contribution in [2.45, 2.75) is 25.2 Å². The maximum Gasteiger partial charge on any atom is 0.414 e. The Hall–Kier alpha value is -1.59. The normalized spacial score (nSPS) is 15.1. The molecular weight excluding hydrogens is 279 g/mol. The molecule has 0 bridgehead atoms. The van der Waals surface area contributed by atoms with Crippen LogP contribution in [-0.4, -0.2) is 25.9 Å². The molecule has 2 aromatic rings. The van der Waals surface area contributed by atoms with Crippen LogP contribution in [0, 0.1) is 0 Å². The summed E-state index contributed by atoms with van der Waals surface area (Å²) in [6.07, 6.45) is -6.11. The van der Waals surface area contributed by atoms with Crippen LogP contribution in [0.2, 0.25) is 0 Å². The molecule has 0 aromatic heterocycles. The first-order valence-corrected chi connectivity index (χ1v) is 6.76. The smallest absolute Gasteiger partial charge is 0.367 e. The van der Waals surface area contributed by atoms with Crippen LogP contribution >= 0.6 is 0 Å². The summed E-state index contributed by atoms with van der Waals surface area (Å²) in [5.74, 6) is 0. The highest BCUT2D eigenvalue weighted by Gasteiger charge is 2.37. The molecule has 0 radical (unpaired) electrons. The molecule has 2 unspecified atom stereocenters. The topological polar surface area (TPSA) is 21.3 Å². The molecule has 0 aliphatic carbocycles. The third-order valence-corrected chi connectivity index (χ3v) is 3.52. The molecule has 0 saturated carbocycles. The van der Waals surface area contributed by atoms with E-state index in [0.717, 1.165) is 23.3 Å². The van der Waals surface area contributed by atoms with Gasteiger partial charge in [0.1, 0.15) is 0 Å². The lowest BCUT2D eigenvalue weighted by Crippen LogP contribution is -2.32. The number of fused-ring (bicyclic) bond motifs is 1. The molecule has 2 atom stereocenters. The van der Waals surface area contributed by atoms with Gasteiger partial charge in [-0.2, -0.15) is 13.2 Å². The van der Waals surface area contributed by atoms with Crippen molar-refractivity contribution in [2.24, 2.45) is 0 Å². The Morgan fingerprint density at radius 1 is 1.10 bits per heavy atom. The van der Waals surface area contributed by atoms with E-state index in [1.807, 2.05) is 42.5 Å². The number of halogens is 3. The number of rotatable bonds is 5. The summed E-state index contributed by atoms with van der Waals surface area (Å²) in [5.41, 5.74) is 0.935. The van der Waals surface area contributed by atoms with E-state index in [0.29, 0.717) is 0 Å². The first-order valence-electron chi connectivity index (χ1n) is 6.76. The fourth-order valence-electron chi connectivity index (χ4n) is 2.22. The summed E-state index contributed by atoms with van der Waals surface area (Å²) in [4.78, 5) is 0. The molecule has 114 valence electrons. The predicted molar refractivity (Wildman–Crippen MR) is 77.2 cm³/mol. The highest BCUT2D eigenvalue weighted by Crippen LogP contribution is 2.27. The molecule has 0 heterocycles. The number of hydrogen-bond acceptors (Lipinski definition) is 2. The van der Waals surface area contributed by atoms with Gasteiger partial charge in [-0.25, -0.2) is 0 Å². The van der Waals surface area contributed by atoms with Crippen LogP contribution in [0.1, 0.15) is 18.5 Å². The molecular formula is C16H18F3NO. The highest BCUT2D eigenvalue weighted by atomic mass is 19.4. The molecule has 2 nitrogen and oxygen atoms in total. The number of alkyl halides is 3. The van der Waals surface area contributed by atoms with Gasteiger partial charge in [0.05, 0.1) is 12.6 Å². The lowest BCUT2D eigenvalue weighted by molar-refractivity contribution is -0.215. The fourth-order valence-corrected chi connectivity index (χ4v) is 2.22. The predicted octanol–water partition coefficient (Wildman–Crippen LogP) is 4.07. The van der Waals surface area contributed by atoms with Crippen LogP contribution in [0.15, 0.2) is 42.5 Å². The molecule has 0 amide bonds. The minimum atomic E-state index is -4.34. The quantitative estimate of drug-likeness (QED) is 0.898. The van der Waals surface area contributed by atoms with Gasteiger partial charge in [0.25, 0.3) is 0 Å². The zero-order chi connectivity index (χ0) is 15.5. The van der Waals surface area contributed by atoms with E-state index in [1.54, 1.807) is 7.05 Å². The third kappa shape index (κ3) is 3.74. The molecule has 5 heteroatoms. The summed E-state index contributed by atoms with van der Waals surface area (Å²) in [5, 5.41) is 5.10. The Bertz CT molecular complexity index is 592. The average Bonchev–Trinajstić information content (AvgIpc) is 2.46. The summed E-state index contributed by atoms with van der Waals surface area (Å²) < 4.78 is 42.5. The van der Waals surface area contributed by atoms with Gasteiger partial charge < -0.3 is 10.1 Å². The Labute approximate surface area is 121 Å². The zero-order valence-electron chi connectivity index (χ0n) is 11.9. The lowest BCUT2D eigenvalue weighted by Gasteiger charge is -2.22. The van der Waals surface area contributed by atoms with Crippen molar-refractivity contribution in [2.75, 3.05) is 13.7 Å². The zero-order valence-corrected chi connectivity index (χ0v) is 11.9. The average molecular weight is 297 g/mol. The van der Waals surface area contributed by atoms with Crippen molar-refractivity contribution in [1.29, 1.82) is 0 Å². The van der Waals surface area contributed by atoms with Crippen molar-refractivity contribution in [3.8, 4) is 0 Å². The number of ether oxygens (including phenoxy) is 1. The van der Waals surface area contributed by atoms with E-state index in [1.165, 1.54) is 0 Å². The van der Waals surface area contributed by atoms with Crippen molar-refractivity contribution >= 4 is 10.8 Å². The number of likely N-dealkylation sites (N-methyl/N-ethyl adjacent to an activating group) is 1. The van der Waals surface area contributed by atoms with E-state index in [4.69, 9.17) is 4.74 Å². The summed E-state index contributed by atoms with van der Waals surface area (Å²) in [6.45, 7) is 0.987. The standard InChI is InChI=1S/C16H18F3NO/c1-11(16(17,18)19)21-10-15(20-2)14-9-5-7-12-6-3-4-8-13(12)14/h3-9,11,15,20H,10H2,1-2H3. The van der Waals surface area contributed by atoms with Gasteiger partial charge in [0.15, 0.2) is 6.10 Å². The molecule has 0 aliphatic heterocycles. The Balaban J connectivity index is 2.20. The van der Waals surface area contributed by atoms with E-state index in [2.05, 4.69) is 5.32 Å². The van der Waals surface area contributed by atoms with Crippen LogP contribution in [0.25, 0.3) is 10.8 Å². The van der Waals surface area contributed by atoms with Crippen LogP contribution in [0.3, 0.4) is 0 Å². The number of benzene rings is 2. The Kier molecular flexibility index (Phi) is 4.85. The fraction of sp³-hybridized carbons (Fsp3) is 0.375. The Morgan fingerprint density at radius 2 is 1.76 bits per heavy atom.